The Kier molecular flexibility index (Phi) is 5.20. The highest BCUT2D eigenvalue weighted by atomic mass is 32.2. The van der Waals surface area contributed by atoms with Gasteiger partial charge < -0.3 is 5.73 Å². The second-order valence-corrected chi connectivity index (χ2v) is 5.60. The second-order valence-electron chi connectivity index (χ2n) is 3.72. The summed E-state index contributed by atoms with van der Waals surface area (Å²) in [4.78, 5) is 3.11. The van der Waals surface area contributed by atoms with Crippen molar-refractivity contribution in [3.8, 4) is 0 Å². The summed E-state index contributed by atoms with van der Waals surface area (Å²) in [6.07, 6.45) is 2.28. The van der Waals surface area contributed by atoms with Crippen molar-refractivity contribution in [3.05, 3.63) is 0 Å². The van der Waals surface area contributed by atoms with Gasteiger partial charge in [0.15, 0.2) is 0 Å². The predicted molar refractivity (Wildman–Crippen MR) is 69.0 cm³/mol. The summed E-state index contributed by atoms with van der Waals surface area (Å²) in [5.41, 5.74) is 5.75. The Balaban J connectivity index is 2.53. The number of nitrogens with two attached hydrogens (primary N) is 1. The Bertz CT molecular complexity index is 197. The zero-order chi connectivity index (χ0) is 10.6. The van der Waals surface area contributed by atoms with Crippen LogP contribution in [-0.2, 0) is 0 Å². The summed E-state index contributed by atoms with van der Waals surface area (Å²) < 4.78 is 0. The third-order valence-electron chi connectivity index (χ3n) is 2.78. The smallest absolute Gasteiger partial charge is 0.0901 e. The van der Waals surface area contributed by atoms with Crippen LogP contribution in [0.3, 0.4) is 0 Å². The van der Waals surface area contributed by atoms with Crippen LogP contribution in [0.25, 0.3) is 0 Å². The zero-order valence-corrected chi connectivity index (χ0v) is 10.7. The van der Waals surface area contributed by atoms with Crippen molar-refractivity contribution in [1.29, 1.82) is 0 Å². The fourth-order valence-corrected chi connectivity index (χ4v) is 3.43. The lowest BCUT2D eigenvalue weighted by Crippen LogP contribution is -2.49. The number of hydrogen-bond acceptors (Lipinski definition) is 3. The molecule has 1 heterocycles. The fraction of sp³-hybridized carbons (Fsp3) is 0.900. The van der Waals surface area contributed by atoms with Crippen molar-refractivity contribution < 1.29 is 0 Å². The Morgan fingerprint density at radius 1 is 1.64 bits per heavy atom. The van der Waals surface area contributed by atoms with Gasteiger partial charge in [0.2, 0.25) is 0 Å². The Morgan fingerprint density at radius 2 is 2.36 bits per heavy atom. The fourth-order valence-electron chi connectivity index (χ4n) is 1.91. The van der Waals surface area contributed by atoms with Crippen LogP contribution in [0.2, 0.25) is 0 Å². The summed E-state index contributed by atoms with van der Waals surface area (Å²) >= 11 is 7.18. The summed E-state index contributed by atoms with van der Waals surface area (Å²) in [6, 6.07) is 0.319. The molecule has 0 saturated carbocycles. The van der Waals surface area contributed by atoms with Crippen molar-refractivity contribution in [2.45, 2.75) is 38.0 Å². The van der Waals surface area contributed by atoms with E-state index in [1.165, 1.54) is 12.2 Å². The van der Waals surface area contributed by atoms with E-state index >= 15 is 0 Å². The van der Waals surface area contributed by atoms with Gasteiger partial charge >= 0.3 is 0 Å². The van der Waals surface area contributed by atoms with Crippen molar-refractivity contribution in [2.75, 3.05) is 18.8 Å². The van der Waals surface area contributed by atoms with Gasteiger partial charge in [0.25, 0.3) is 0 Å². The van der Waals surface area contributed by atoms with E-state index in [1.54, 1.807) is 0 Å². The van der Waals surface area contributed by atoms with E-state index in [9.17, 15) is 0 Å². The molecule has 0 amide bonds. The molecule has 2 nitrogen and oxygen atoms in total. The molecule has 2 atom stereocenters. The van der Waals surface area contributed by atoms with Gasteiger partial charge in [-0.3, -0.25) is 4.90 Å². The highest BCUT2D eigenvalue weighted by Gasteiger charge is 2.25. The molecule has 0 aliphatic carbocycles. The lowest BCUT2D eigenvalue weighted by atomic mass is 10.1. The van der Waals surface area contributed by atoms with Crippen LogP contribution in [0, 0.1) is 0 Å². The summed E-state index contributed by atoms with van der Waals surface area (Å²) in [6.45, 7) is 6.70. The van der Waals surface area contributed by atoms with Crippen molar-refractivity contribution in [1.82, 2.24) is 4.90 Å². The van der Waals surface area contributed by atoms with Gasteiger partial charge in [0, 0.05) is 24.1 Å². The minimum atomic E-state index is 0.319. The normalized spacial score (nSPS) is 26.0. The molecule has 4 heteroatoms. The molecule has 0 bridgehead atoms. The maximum atomic E-state index is 5.75. The van der Waals surface area contributed by atoms with Gasteiger partial charge in [-0.15, -0.1) is 0 Å². The summed E-state index contributed by atoms with van der Waals surface area (Å²) in [5.74, 6) is 1.22. The SMILES string of the molecule is CCC1CN(C(CC)C(N)=S)CCS1. The molecule has 0 aromatic heterocycles. The van der Waals surface area contributed by atoms with Crippen LogP contribution in [0.4, 0.5) is 0 Å². The number of hydrogen-bond donors (Lipinski definition) is 1. The van der Waals surface area contributed by atoms with E-state index in [0.717, 1.165) is 24.8 Å². The molecule has 1 fully saturated rings. The number of thioether (sulfide) groups is 1. The van der Waals surface area contributed by atoms with Crippen LogP contribution >= 0.6 is 24.0 Å². The van der Waals surface area contributed by atoms with E-state index < -0.39 is 0 Å². The molecule has 14 heavy (non-hydrogen) atoms. The first-order valence-corrected chi connectivity index (χ1v) is 6.79. The van der Waals surface area contributed by atoms with Gasteiger partial charge in [-0.05, 0) is 12.8 Å². The quantitative estimate of drug-likeness (QED) is 0.750. The molecule has 0 aromatic carbocycles. The zero-order valence-electron chi connectivity index (χ0n) is 9.03. The third-order valence-corrected chi connectivity index (χ3v) is 4.43. The van der Waals surface area contributed by atoms with Crippen LogP contribution < -0.4 is 5.73 Å². The van der Waals surface area contributed by atoms with Crippen molar-refractivity contribution in [2.24, 2.45) is 5.73 Å². The molecule has 0 aromatic rings. The Labute approximate surface area is 96.6 Å². The number of nitrogens with zero attached hydrogens (tertiary/aromatic N) is 1. The van der Waals surface area contributed by atoms with E-state index in [-0.39, 0.29) is 0 Å². The molecule has 82 valence electrons. The Hall–Kier alpha value is 0.200. The van der Waals surface area contributed by atoms with Gasteiger partial charge in [-0.25, -0.2) is 0 Å². The first kappa shape index (κ1) is 12.3. The van der Waals surface area contributed by atoms with Crippen LogP contribution in [-0.4, -0.2) is 40.0 Å². The average Bonchev–Trinajstić information content (AvgIpc) is 2.19. The maximum Gasteiger partial charge on any atom is 0.0901 e. The first-order valence-electron chi connectivity index (χ1n) is 5.34. The van der Waals surface area contributed by atoms with E-state index in [2.05, 4.69) is 30.5 Å². The van der Waals surface area contributed by atoms with Crippen molar-refractivity contribution in [3.63, 3.8) is 0 Å². The first-order chi connectivity index (χ1) is 6.69. The monoisotopic (exact) mass is 232 g/mol. The minimum absolute atomic E-state index is 0.319. The van der Waals surface area contributed by atoms with E-state index in [4.69, 9.17) is 18.0 Å². The second kappa shape index (κ2) is 5.93. The Morgan fingerprint density at radius 3 is 2.86 bits per heavy atom. The third kappa shape index (κ3) is 3.11. The van der Waals surface area contributed by atoms with Crippen molar-refractivity contribution >= 4 is 29.0 Å². The molecular formula is C10H20N2S2. The van der Waals surface area contributed by atoms with E-state index in [1.807, 2.05) is 0 Å². The maximum absolute atomic E-state index is 5.75. The molecule has 1 saturated heterocycles. The molecule has 1 aliphatic heterocycles. The topological polar surface area (TPSA) is 29.3 Å². The lowest BCUT2D eigenvalue weighted by molar-refractivity contribution is 0.244. The van der Waals surface area contributed by atoms with Crippen LogP contribution in [0.5, 0.6) is 0 Å². The molecule has 2 unspecified atom stereocenters. The highest BCUT2D eigenvalue weighted by Crippen LogP contribution is 2.23. The van der Waals surface area contributed by atoms with Crippen LogP contribution in [0.1, 0.15) is 26.7 Å². The average molecular weight is 232 g/mol. The largest absolute Gasteiger partial charge is 0.392 e. The van der Waals surface area contributed by atoms with Gasteiger partial charge in [0.1, 0.15) is 0 Å². The summed E-state index contributed by atoms with van der Waals surface area (Å²) in [7, 11) is 0. The predicted octanol–water partition coefficient (Wildman–Crippen LogP) is 1.88. The van der Waals surface area contributed by atoms with Crippen LogP contribution in [0.15, 0.2) is 0 Å². The molecule has 0 spiro atoms. The number of rotatable bonds is 4. The molecule has 2 N–H and O–H groups in total. The summed E-state index contributed by atoms with van der Waals surface area (Å²) in [5, 5.41) is 0.771. The standard InChI is InChI=1S/C10H20N2S2/c1-3-8-7-12(5-6-14-8)9(4-2)10(11)13/h8-9H,3-7H2,1-2H3,(H2,11,13). The van der Waals surface area contributed by atoms with E-state index in [0.29, 0.717) is 11.0 Å². The highest BCUT2D eigenvalue weighted by molar-refractivity contribution is 8.00. The lowest BCUT2D eigenvalue weighted by Gasteiger charge is -2.36. The molecule has 1 rings (SSSR count). The van der Waals surface area contributed by atoms with Gasteiger partial charge in [-0.2, -0.15) is 11.8 Å². The minimum Gasteiger partial charge on any atom is -0.392 e. The van der Waals surface area contributed by atoms with Gasteiger partial charge in [0.05, 0.1) is 11.0 Å². The molecular weight excluding hydrogens is 212 g/mol. The number of thiocarbonyl (C=S) groups is 1. The van der Waals surface area contributed by atoms with Gasteiger partial charge in [-0.1, -0.05) is 26.1 Å². The molecule has 1 aliphatic rings. The molecule has 0 radical (unpaired) electrons.